The zero-order valence-corrected chi connectivity index (χ0v) is 20.9. The summed E-state index contributed by atoms with van der Waals surface area (Å²) in [6, 6.07) is 15.2. The fraction of sp³-hybridized carbons (Fsp3) is 0.292. The minimum atomic E-state index is -0.484. The lowest BCUT2D eigenvalue weighted by Crippen LogP contribution is -2.31. The van der Waals surface area contributed by atoms with Crippen LogP contribution in [0.3, 0.4) is 0 Å². The van der Waals surface area contributed by atoms with Crippen LogP contribution in [-0.4, -0.2) is 26.4 Å². The van der Waals surface area contributed by atoms with E-state index in [4.69, 9.17) is 10.5 Å². The van der Waals surface area contributed by atoms with Gasteiger partial charge in [0.05, 0.1) is 5.57 Å². The predicted molar refractivity (Wildman–Crippen MR) is 134 cm³/mol. The van der Waals surface area contributed by atoms with Crippen molar-refractivity contribution in [3.8, 4) is 5.75 Å². The number of thioether (sulfide) groups is 1. The average Bonchev–Trinajstić information content (AvgIpc) is 3.20. The number of benzene rings is 2. The van der Waals surface area contributed by atoms with Crippen LogP contribution in [0.15, 0.2) is 69.4 Å². The SMILES string of the molecule is CCCCSc1nc2n(n1)C(c1ccc(OCc3ccc(Br)cc3)cc1)C(C(N)=O)=C(C)N2. The van der Waals surface area contributed by atoms with Crippen molar-refractivity contribution in [3.05, 3.63) is 75.4 Å². The number of carbonyl (C=O) groups is 1. The molecule has 0 radical (unpaired) electrons. The van der Waals surface area contributed by atoms with Crippen molar-refractivity contribution in [2.75, 3.05) is 11.1 Å². The van der Waals surface area contributed by atoms with E-state index in [9.17, 15) is 4.79 Å². The number of anilines is 1. The van der Waals surface area contributed by atoms with Crippen molar-refractivity contribution in [1.82, 2.24) is 14.8 Å². The van der Waals surface area contributed by atoms with E-state index in [1.807, 2.05) is 55.5 Å². The van der Waals surface area contributed by atoms with E-state index in [-0.39, 0.29) is 0 Å². The lowest BCUT2D eigenvalue weighted by atomic mass is 9.95. The maximum Gasteiger partial charge on any atom is 0.248 e. The van der Waals surface area contributed by atoms with Crippen molar-refractivity contribution < 1.29 is 9.53 Å². The molecule has 0 aliphatic carbocycles. The number of fused-ring (bicyclic) bond motifs is 1. The van der Waals surface area contributed by atoms with Gasteiger partial charge in [0.25, 0.3) is 0 Å². The molecule has 2 aromatic carbocycles. The highest BCUT2D eigenvalue weighted by molar-refractivity contribution is 9.10. The van der Waals surface area contributed by atoms with Gasteiger partial charge in [0, 0.05) is 15.9 Å². The molecule has 4 rings (SSSR count). The molecule has 172 valence electrons. The van der Waals surface area contributed by atoms with E-state index in [1.54, 1.807) is 16.4 Å². The number of hydrogen-bond donors (Lipinski definition) is 2. The molecule has 9 heteroatoms. The minimum absolute atomic E-state index is 0.452. The molecule has 0 saturated heterocycles. The number of halogens is 1. The van der Waals surface area contributed by atoms with Crippen LogP contribution in [0.1, 0.15) is 43.9 Å². The monoisotopic (exact) mass is 527 g/mol. The normalized spacial score (nSPS) is 15.2. The average molecular weight is 528 g/mol. The Morgan fingerprint density at radius 2 is 1.94 bits per heavy atom. The van der Waals surface area contributed by atoms with Crippen molar-refractivity contribution in [1.29, 1.82) is 0 Å². The van der Waals surface area contributed by atoms with E-state index < -0.39 is 11.9 Å². The van der Waals surface area contributed by atoms with Gasteiger partial charge in [-0.2, -0.15) is 4.98 Å². The molecule has 0 saturated carbocycles. The van der Waals surface area contributed by atoms with E-state index in [0.29, 0.717) is 29.0 Å². The topological polar surface area (TPSA) is 95.1 Å². The summed E-state index contributed by atoms with van der Waals surface area (Å²) in [7, 11) is 0. The van der Waals surface area contributed by atoms with Crippen LogP contribution < -0.4 is 15.8 Å². The summed E-state index contributed by atoms with van der Waals surface area (Å²) < 4.78 is 8.71. The largest absolute Gasteiger partial charge is 0.489 e. The van der Waals surface area contributed by atoms with Gasteiger partial charge in [-0.05, 0) is 48.7 Å². The summed E-state index contributed by atoms with van der Waals surface area (Å²) in [6.07, 6.45) is 2.21. The van der Waals surface area contributed by atoms with Crippen LogP contribution in [0.5, 0.6) is 5.75 Å². The van der Waals surface area contributed by atoms with Gasteiger partial charge in [-0.25, -0.2) is 4.68 Å². The number of nitrogens with two attached hydrogens (primary N) is 1. The van der Waals surface area contributed by atoms with Crippen molar-refractivity contribution in [3.63, 3.8) is 0 Å². The van der Waals surface area contributed by atoms with Gasteiger partial charge in [-0.15, -0.1) is 5.10 Å². The first kappa shape index (κ1) is 23.4. The summed E-state index contributed by atoms with van der Waals surface area (Å²) in [6.45, 7) is 4.46. The molecule has 0 spiro atoms. The number of hydrogen-bond acceptors (Lipinski definition) is 6. The Balaban J connectivity index is 1.57. The Morgan fingerprint density at radius 3 is 2.61 bits per heavy atom. The molecular weight excluding hydrogens is 502 g/mol. The number of carbonyl (C=O) groups excluding carboxylic acids is 1. The van der Waals surface area contributed by atoms with Crippen LogP contribution in [0, 0.1) is 0 Å². The smallest absolute Gasteiger partial charge is 0.248 e. The zero-order chi connectivity index (χ0) is 23.4. The van der Waals surface area contributed by atoms with Gasteiger partial charge in [-0.3, -0.25) is 4.79 Å². The van der Waals surface area contributed by atoms with Gasteiger partial charge in [0.2, 0.25) is 17.0 Å². The van der Waals surface area contributed by atoms with E-state index in [0.717, 1.165) is 39.9 Å². The molecule has 1 atom stereocenters. The highest BCUT2D eigenvalue weighted by Gasteiger charge is 2.33. The predicted octanol–water partition coefficient (Wildman–Crippen LogP) is 5.29. The molecule has 0 fully saturated rings. The third-order valence-electron chi connectivity index (χ3n) is 5.34. The van der Waals surface area contributed by atoms with Gasteiger partial charge >= 0.3 is 0 Å². The fourth-order valence-corrected chi connectivity index (χ4v) is 4.80. The molecule has 3 N–H and O–H groups in total. The summed E-state index contributed by atoms with van der Waals surface area (Å²) in [5.74, 6) is 1.81. The van der Waals surface area contributed by atoms with Crippen LogP contribution in [-0.2, 0) is 11.4 Å². The van der Waals surface area contributed by atoms with E-state index in [2.05, 4.69) is 38.3 Å². The first-order valence-electron chi connectivity index (χ1n) is 10.8. The fourth-order valence-electron chi connectivity index (χ4n) is 3.62. The standard InChI is InChI=1S/C24H26BrN5O2S/c1-3-4-13-33-24-28-23-27-15(2)20(22(26)31)21(30(23)29-24)17-7-11-19(12-8-17)32-14-16-5-9-18(25)10-6-16/h5-12,21H,3-4,13-14H2,1-2H3,(H2,26,31)(H,27,28,29). The van der Waals surface area contributed by atoms with Gasteiger partial charge in [0.1, 0.15) is 18.4 Å². The molecule has 0 bridgehead atoms. The lowest BCUT2D eigenvalue weighted by molar-refractivity contribution is -0.115. The van der Waals surface area contributed by atoms with Gasteiger partial charge in [-0.1, -0.05) is 65.3 Å². The van der Waals surface area contributed by atoms with Crippen LogP contribution in [0.2, 0.25) is 0 Å². The number of nitrogens with zero attached hydrogens (tertiary/aromatic N) is 3. The quantitative estimate of drug-likeness (QED) is 0.290. The number of unbranched alkanes of at least 4 members (excludes halogenated alkanes) is 1. The number of amides is 1. The number of primary amides is 1. The van der Waals surface area contributed by atoms with Crippen LogP contribution in [0.4, 0.5) is 5.95 Å². The lowest BCUT2D eigenvalue weighted by Gasteiger charge is -2.27. The summed E-state index contributed by atoms with van der Waals surface area (Å²) in [4.78, 5) is 17.0. The first-order chi connectivity index (χ1) is 16.0. The molecule has 1 amide bonds. The number of rotatable bonds is 9. The molecule has 2 heterocycles. The Bertz CT molecular complexity index is 1160. The molecule has 1 unspecified atom stereocenters. The number of nitrogens with one attached hydrogen (secondary N) is 1. The third-order valence-corrected chi connectivity index (χ3v) is 6.79. The number of allylic oxidation sites excluding steroid dienone is 1. The van der Waals surface area contributed by atoms with Crippen molar-refractivity contribution in [2.45, 2.75) is 44.5 Å². The second-order valence-corrected chi connectivity index (χ2v) is 9.76. The first-order valence-corrected chi connectivity index (χ1v) is 12.6. The molecule has 3 aromatic rings. The van der Waals surface area contributed by atoms with Gasteiger partial charge in [0.15, 0.2) is 0 Å². The minimum Gasteiger partial charge on any atom is -0.489 e. The van der Waals surface area contributed by atoms with Gasteiger partial charge < -0.3 is 15.8 Å². The second-order valence-electron chi connectivity index (χ2n) is 7.78. The number of ether oxygens (including phenoxy) is 1. The third kappa shape index (κ3) is 5.42. The maximum atomic E-state index is 12.4. The summed E-state index contributed by atoms with van der Waals surface area (Å²) in [5, 5.41) is 8.55. The summed E-state index contributed by atoms with van der Waals surface area (Å²) in [5.41, 5.74) is 8.90. The Labute approximate surface area is 205 Å². The van der Waals surface area contributed by atoms with E-state index >= 15 is 0 Å². The van der Waals surface area contributed by atoms with Crippen molar-refractivity contribution >= 4 is 39.5 Å². The molecule has 1 aliphatic heterocycles. The Morgan fingerprint density at radius 1 is 1.21 bits per heavy atom. The maximum absolute atomic E-state index is 12.4. The highest BCUT2D eigenvalue weighted by Crippen LogP contribution is 2.36. The molecule has 1 aromatic heterocycles. The second kappa shape index (κ2) is 10.4. The summed E-state index contributed by atoms with van der Waals surface area (Å²) >= 11 is 5.05. The molecule has 1 aliphatic rings. The Kier molecular flexibility index (Phi) is 7.39. The highest BCUT2D eigenvalue weighted by atomic mass is 79.9. The molecule has 7 nitrogen and oxygen atoms in total. The Hall–Kier alpha value is -2.78. The molecule has 33 heavy (non-hydrogen) atoms. The van der Waals surface area contributed by atoms with Crippen molar-refractivity contribution in [2.24, 2.45) is 5.73 Å². The number of aromatic nitrogens is 3. The van der Waals surface area contributed by atoms with Crippen LogP contribution >= 0.6 is 27.7 Å². The van der Waals surface area contributed by atoms with E-state index in [1.165, 1.54) is 0 Å². The van der Waals surface area contributed by atoms with Crippen LogP contribution in [0.25, 0.3) is 0 Å². The molecular formula is C24H26BrN5O2S. The zero-order valence-electron chi connectivity index (χ0n) is 18.5.